The molecule has 6 heteroatoms. The first-order valence-corrected chi connectivity index (χ1v) is 5.64. The van der Waals surface area contributed by atoms with E-state index in [1.807, 2.05) is 0 Å². The van der Waals surface area contributed by atoms with E-state index in [-0.39, 0.29) is 17.8 Å². The van der Waals surface area contributed by atoms with Crippen LogP contribution in [-0.2, 0) is 4.79 Å². The van der Waals surface area contributed by atoms with Crippen LogP contribution < -0.4 is 10.1 Å². The fraction of sp³-hybridized carbons (Fsp3) is 0.333. The Morgan fingerprint density at radius 2 is 2.17 bits per heavy atom. The van der Waals surface area contributed by atoms with Crippen molar-refractivity contribution in [2.24, 2.45) is 0 Å². The van der Waals surface area contributed by atoms with E-state index in [2.05, 4.69) is 5.32 Å². The molecule has 0 aliphatic rings. The highest BCUT2D eigenvalue weighted by atomic mass is 35.5. The summed E-state index contributed by atoms with van der Waals surface area (Å²) in [7, 11) is 2.97. The Bertz CT molecular complexity index is 461. The normalized spacial score (nSPS) is 11.9. The number of methoxy groups -OCH3 is 1. The van der Waals surface area contributed by atoms with Crippen molar-refractivity contribution in [1.29, 1.82) is 0 Å². The number of hydrogen-bond donors (Lipinski definition) is 2. The van der Waals surface area contributed by atoms with Crippen molar-refractivity contribution in [2.45, 2.75) is 12.5 Å². The highest BCUT2D eigenvalue weighted by Gasteiger charge is 2.24. The second kappa shape index (κ2) is 6.37. The van der Waals surface area contributed by atoms with Crippen molar-refractivity contribution in [1.82, 2.24) is 5.32 Å². The van der Waals surface area contributed by atoms with E-state index in [4.69, 9.17) is 21.4 Å². The lowest BCUT2D eigenvalue weighted by Crippen LogP contribution is -2.36. The van der Waals surface area contributed by atoms with Crippen LogP contribution in [0.15, 0.2) is 18.2 Å². The second-order valence-corrected chi connectivity index (χ2v) is 4.08. The van der Waals surface area contributed by atoms with Gasteiger partial charge >= 0.3 is 5.97 Å². The van der Waals surface area contributed by atoms with E-state index < -0.39 is 12.0 Å². The Balaban J connectivity index is 3.07. The van der Waals surface area contributed by atoms with Gasteiger partial charge in [0.05, 0.1) is 25.1 Å². The van der Waals surface area contributed by atoms with Crippen LogP contribution >= 0.6 is 11.6 Å². The molecule has 2 N–H and O–H groups in total. The van der Waals surface area contributed by atoms with Crippen LogP contribution in [0, 0.1) is 0 Å². The van der Waals surface area contributed by atoms with E-state index in [1.165, 1.54) is 20.2 Å². The summed E-state index contributed by atoms with van der Waals surface area (Å²) in [6.07, 6.45) is -0.301. The van der Waals surface area contributed by atoms with Gasteiger partial charge in [-0.2, -0.15) is 0 Å². The molecule has 98 valence electrons. The molecular formula is C12H14ClNO4. The molecule has 0 fully saturated rings. The van der Waals surface area contributed by atoms with E-state index in [0.29, 0.717) is 10.8 Å². The lowest BCUT2D eigenvalue weighted by atomic mass is 10.0. The van der Waals surface area contributed by atoms with E-state index in [0.717, 1.165) is 0 Å². The number of halogens is 1. The summed E-state index contributed by atoms with van der Waals surface area (Å²) in [4.78, 5) is 22.9. The first-order chi connectivity index (χ1) is 8.49. The van der Waals surface area contributed by atoms with Gasteiger partial charge in [0.1, 0.15) is 5.75 Å². The van der Waals surface area contributed by atoms with E-state index in [1.54, 1.807) is 12.1 Å². The molecule has 0 spiro atoms. The number of ether oxygens (including phenoxy) is 1. The number of carbonyl (C=O) groups excluding carboxylic acids is 1. The minimum atomic E-state index is -1.05. The van der Waals surface area contributed by atoms with Crippen molar-refractivity contribution in [3.8, 4) is 5.75 Å². The average Bonchev–Trinajstić information content (AvgIpc) is 2.34. The number of carbonyl (C=O) groups is 2. The van der Waals surface area contributed by atoms with Crippen molar-refractivity contribution >= 4 is 23.4 Å². The number of carboxylic acid groups (broad SMARTS) is 1. The summed E-state index contributed by atoms with van der Waals surface area (Å²) >= 11 is 5.83. The largest absolute Gasteiger partial charge is 0.496 e. The maximum Gasteiger partial charge on any atom is 0.305 e. The van der Waals surface area contributed by atoms with Gasteiger partial charge in [-0.3, -0.25) is 9.59 Å². The minimum Gasteiger partial charge on any atom is -0.496 e. The smallest absolute Gasteiger partial charge is 0.305 e. The summed E-state index contributed by atoms with van der Waals surface area (Å²) in [5.74, 6) is -1.04. The predicted octanol–water partition coefficient (Wildman–Crippen LogP) is 1.59. The fourth-order valence-corrected chi connectivity index (χ4v) is 1.73. The number of nitrogens with one attached hydrogen (secondary N) is 1. The van der Waals surface area contributed by atoms with Gasteiger partial charge in [0.2, 0.25) is 0 Å². The summed E-state index contributed by atoms with van der Waals surface area (Å²) in [5.41, 5.74) is 0.269. The number of carboxylic acids is 1. The van der Waals surface area contributed by atoms with Crippen LogP contribution in [0.1, 0.15) is 16.8 Å². The molecule has 1 rings (SSSR count). The SMILES string of the molecule is CNC(CC(=O)O)C(=O)c1cc(Cl)ccc1OC. The number of ketones is 1. The second-order valence-electron chi connectivity index (χ2n) is 3.65. The van der Waals surface area contributed by atoms with Gasteiger partial charge in [0.15, 0.2) is 5.78 Å². The van der Waals surface area contributed by atoms with Crippen LogP contribution in [0.25, 0.3) is 0 Å². The molecule has 1 unspecified atom stereocenters. The van der Waals surface area contributed by atoms with Gasteiger partial charge in [-0.25, -0.2) is 0 Å². The molecule has 0 saturated heterocycles. The van der Waals surface area contributed by atoms with Gasteiger partial charge in [0, 0.05) is 5.02 Å². The summed E-state index contributed by atoms with van der Waals surface area (Å²) in [5, 5.41) is 11.8. The zero-order chi connectivity index (χ0) is 13.7. The maximum absolute atomic E-state index is 12.2. The quantitative estimate of drug-likeness (QED) is 0.769. The molecule has 0 aliphatic heterocycles. The molecule has 1 aromatic rings. The third kappa shape index (κ3) is 3.45. The highest BCUT2D eigenvalue weighted by molar-refractivity contribution is 6.31. The Kier molecular flexibility index (Phi) is 5.12. The first kappa shape index (κ1) is 14.5. The Morgan fingerprint density at radius 1 is 1.50 bits per heavy atom. The van der Waals surface area contributed by atoms with E-state index in [9.17, 15) is 9.59 Å². The molecule has 0 bridgehead atoms. The Labute approximate surface area is 110 Å². The number of benzene rings is 1. The molecule has 5 nitrogen and oxygen atoms in total. The standard InChI is InChI=1S/C12H14ClNO4/c1-14-9(6-11(15)16)12(17)8-5-7(13)3-4-10(8)18-2/h3-5,9,14H,6H2,1-2H3,(H,15,16). The third-order valence-corrected chi connectivity index (χ3v) is 2.71. The van der Waals surface area contributed by atoms with Crippen LogP contribution in [-0.4, -0.2) is 37.1 Å². The van der Waals surface area contributed by atoms with Crippen molar-refractivity contribution in [3.63, 3.8) is 0 Å². The number of likely N-dealkylation sites (N-methyl/N-ethyl adjacent to an activating group) is 1. The van der Waals surface area contributed by atoms with Gasteiger partial charge < -0.3 is 15.2 Å². The third-order valence-electron chi connectivity index (χ3n) is 2.47. The van der Waals surface area contributed by atoms with Crippen LogP contribution in [0.4, 0.5) is 0 Å². The zero-order valence-corrected chi connectivity index (χ0v) is 10.8. The molecular weight excluding hydrogens is 258 g/mol. The molecule has 0 radical (unpaired) electrons. The summed E-state index contributed by atoms with van der Waals surface area (Å²) in [6.45, 7) is 0. The number of hydrogen-bond acceptors (Lipinski definition) is 4. The topological polar surface area (TPSA) is 75.6 Å². The van der Waals surface area contributed by atoms with Gasteiger partial charge in [-0.05, 0) is 25.2 Å². The van der Waals surface area contributed by atoms with Crippen molar-refractivity contribution in [3.05, 3.63) is 28.8 Å². The van der Waals surface area contributed by atoms with Crippen LogP contribution in [0.3, 0.4) is 0 Å². The highest BCUT2D eigenvalue weighted by Crippen LogP contribution is 2.24. The Morgan fingerprint density at radius 3 is 2.67 bits per heavy atom. The summed E-state index contributed by atoms with van der Waals surface area (Å²) < 4.78 is 5.07. The minimum absolute atomic E-state index is 0.269. The van der Waals surface area contributed by atoms with Gasteiger partial charge in [-0.15, -0.1) is 0 Å². The average molecular weight is 272 g/mol. The first-order valence-electron chi connectivity index (χ1n) is 5.26. The summed E-state index contributed by atoms with van der Waals surface area (Å²) in [6, 6.07) is 3.83. The zero-order valence-electron chi connectivity index (χ0n) is 10.1. The Hall–Kier alpha value is -1.59. The predicted molar refractivity (Wildman–Crippen MR) is 67.4 cm³/mol. The molecule has 0 amide bonds. The number of rotatable bonds is 6. The molecule has 0 aliphatic carbocycles. The molecule has 0 heterocycles. The molecule has 18 heavy (non-hydrogen) atoms. The lowest BCUT2D eigenvalue weighted by molar-refractivity contribution is -0.137. The van der Waals surface area contributed by atoms with Crippen molar-refractivity contribution in [2.75, 3.05) is 14.2 Å². The van der Waals surface area contributed by atoms with Crippen molar-refractivity contribution < 1.29 is 19.4 Å². The lowest BCUT2D eigenvalue weighted by Gasteiger charge is -2.15. The molecule has 1 atom stereocenters. The van der Waals surface area contributed by atoms with E-state index >= 15 is 0 Å². The maximum atomic E-state index is 12.2. The number of aliphatic carboxylic acids is 1. The fourth-order valence-electron chi connectivity index (χ4n) is 1.56. The molecule has 0 saturated carbocycles. The van der Waals surface area contributed by atoms with Crippen LogP contribution in [0.5, 0.6) is 5.75 Å². The monoisotopic (exact) mass is 271 g/mol. The van der Waals surface area contributed by atoms with Gasteiger partial charge in [0.25, 0.3) is 0 Å². The number of Topliss-reactive ketones (excluding diaryl/α,β-unsaturated/α-hetero) is 1. The van der Waals surface area contributed by atoms with Crippen LogP contribution in [0.2, 0.25) is 5.02 Å². The van der Waals surface area contributed by atoms with Gasteiger partial charge in [-0.1, -0.05) is 11.6 Å². The molecule has 1 aromatic carbocycles. The molecule has 0 aromatic heterocycles.